The smallest absolute Gasteiger partial charge is 0.334 e. The van der Waals surface area contributed by atoms with E-state index in [1.165, 1.54) is 7.11 Å². The van der Waals surface area contributed by atoms with Crippen LogP contribution in [-0.4, -0.2) is 36.7 Å². The van der Waals surface area contributed by atoms with Crippen molar-refractivity contribution in [2.24, 2.45) is 0 Å². The van der Waals surface area contributed by atoms with Gasteiger partial charge in [-0.3, -0.25) is 4.79 Å². The minimum atomic E-state index is -1.12. The van der Waals surface area contributed by atoms with Gasteiger partial charge in [0.05, 0.1) is 12.1 Å². The first-order chi connectivity index (χ1) is 8.86. The molecule has 1 heterocycles. The van der Waals surface area contributed by atoms with Gasteiger partial charge in [-0.05, 0) is 13.0 Å². The van der Waals surface area contributed by atoms with Crippen molar-refractivity contribution < 1.29 is 23.8 Å². The zero-order valence-corrected chi connectivity index (χ0v) is 11.5. The summed E-state index contributed by atoms with van der Waals surface area (Å²) >= 11 is 0. The van der Waals surface area contributed by atoms with Gasteiger partial charge in [0.2, 0.25) is 0 Å². The molecular formula is C13H19NO5. The van der Waals surface area contributed by atoms with Crippen molar-refractivity contribution in [2.75, 3.05) is 13.7 Å². The molecule has 0 fully saturated rings. The summed E-state index contributed by atoms with van der Waals surface area (Å²) in [4.78, 5) is 22.7. The van der Waals surface area contributed by atoms with Crippen molar-refractivity contribution >= 4 is 11.9 Å². The Bertz CT molecular complexity index is 464. The van der Waals surface area contributed by atoms with Crippen LogP contribution in [0.3, 0.4) is 0 Å². The quantitative estimate of drug-likeness (QED) is 0.817. The number of nitrogens with one attached hydrogen (secondary N) is 1. The molecule has 0 aliphatic carbocycles. The summed E-state index contributed by atoms with van der Waals surface area (Å²) in [5.74, 6) is -0.0494. The van der Waals surface area contributed by atoms with Crippen LogP contribution in [-0.2, 0) is 9.53 Å². The fraction of sp³-hybridized carbons (Fsp3) is 0.538. The normalized spacial score (nSPS) is 12.5. The van der Waals surface area contributed by atoms with Crippen LogP contribution in [0.25, 0.3) is 0 Å². The van der Waals surface area contributed by atoms with Crippen molar-refractivity contribution in [2.45, 2.75) is 32.8 Å². The third-order valence-corrected chi connectivity index (χ3v) is 2.76. The van der Waals surface area contributed by atoms with Crippen LogP contribution in [0.1, 0.15) is 41.6 Å². The average Bonchev–Trinajstić information content (AvgIpc) is 2.71. The zero-order valence-electron chi connectivity index (χ0n) is 11.5. The number of hydrogen-bond donors (Lipinski definition) is 2. The van der Waals surface area contributed by atoms with E-state index in [0.717, 1.165) is 5.76 Å². The van der Waals surface area contributed by atoms with Gasteiger partial charge in [0.15, 0.2) is 6.10 Å². The molecule has 106 valence electrons. The summed E-state index contributed by atoms with van der Waals surface area (Å²) in [6.07, 6.45) is -1.05. The van der Waals surface area contributed by atoms with Crippen LogP contribution in [0.2, 0.25) is 0 Å². The summed E-state index contributed by atoms with van der Waals surface area (Å²) in [5.41, 5.74) is 0.420. The Morgan fingerprint density at radius 1 is 1.47 bits per heavy atom. The van der Waals surface area contributed by atoms with E-state index in [-0.39, 0.29) is 18.4 Å². The molecule has 0 saturated heterocycles. The summed E-state index contributed by atoms with van der Waals surface area (Å²) in [6.45, 7) is 5.54. The molecule has 1 unspecified atom stereocenters. The lowest BCUT2D eigenvalue weighted by atomic mass is 10.1. The Morgan fingerprint density at radius 3 is 2.53 bits per heavy atom. The fourth-order valence-electron chi connectivity index (χ4n) is 1.57. The molecule has 1 aromatic heterocycles. The second-order valence-corrected chi connectivity index (χ2v) is 4.55. The number of ether oxygens (including phenoxy) is 1. The van der Waals surface area contributed by atoms with E-state index in [1.807, 2.05) is 13.8 Å². The number of carbonyl (C=O) groups excluding carboxylic acids is 1. The standard InChI is InChI=1S/C13H19NO5/c1-7(2)10-5-9(8(3)19-10)12(15)14-6-11(18-4)13(16)17/h5,7,11H,6H2,1-4H3,(H,14,15)(H,16,17). The Hall–Kier alpha value is -1.82. The highest BCUT2D eigenvalue weighted by Crippen LogP contribution is 2.21. The van der Waals surface area contributed by atoms with E-state index in [2.05, 4.69) is 5.32 Å². The lowest BCUT2D eigenvalue weighted by Gasteiger charge is -2.10. The number of rotatable bonds is 6. The molecule has 2 N–H and O–H groups in total. The molecule has 19 heavy (non-hydrogen) atoms. The highest BCUT2D eigenvalue weighted by atomic mass is 16.5. The molecule has 0 aliphatic rings. The van der Waals surface area contributed by atoms with Gasteiger partial charge in [-0.25, -0.2) is 4.79 Å². The van der Waals surface area contributed by atoms with Crippen molar-refractivity contribution in [1.82, 2.24) is 5.32 Å². The lowest BCUT2D eigenvalue weighted by molar-refractivity contribution is -0.148. The maximum absolute atomic E-state index is 11.9. The van der Waals surface area contributed by atoms with Crippen LogP contribution in [0.5, 0.6) is 0 Å². The second-order valence-electron chi connectivity index (χ2n) is 4.55. The zero-order chi connectivity index (χ0) is 14.6. The maximum atomic E-state index is 11.9. The Morgan fingerprint density at radius 2 is 2.11 bits per heavy atom. The van der Waals surface area contributed by atoms with Gasteiger partial charge in [0, 0.05) is 13.0 Å². The molecule has 0 radical (unpaired) electrons. The fourth-order valence-corrected chi connectivity index (χ4v) is 1.57. The molecule has 0 aromatic carbocycles. The largest absolute Gasteiger partial charge is 0.479 e. The van der Waals surface area contributed by atoms with E-state index >= 15 is 0 Å². The van der Waals surface area contributed by atoms with Gasteiger partial charge >= 0.3 is 5.97 Å². The molecule has 1 aromatic rings. The number of aliphatic carboxylic acids is 1. The maximum Gasteiger partial charge on any atom is 0.334 e. The molecule has 0 spiro atoms. The van der Waals surface area contributed by atoms with Gasteiger partial charge in [0.25, 0.3) is 5.91 Å². The van der Waals surface area contributed by atoms with Crippen LogP contribution in [0.15, 0.2) is 10.5 Å². The Kier molecular flexibility index (Phi) is 5.11. The summed E-state index contributed by atoms with van der Waals surface area (Å²) in [7, 11) is 1.28. The monoisotopic (exact) mass is 269 g/mol. The van der Waals surface area contributed by atoms with Crippen molar-refractivity contribution in [3.05, 3.63) is 23.2 Å². The van der Waals surface area contributed by atoms with Crippen molar-refractivity contribution in [3.63, 3.8) is 0 Å². The predicted octanol–water partition coefficient (Wildman–Crippen LogP) is 1.54. The van der Waals surface area contributed by atoms with Gasteiger partial charge in [-0.15, -0.1) is 0 Å². The molecule has 1 atom stereocenters. The summed E-state index contributed by atoms with van der Waals surface area (Å²) in [5, 5.41) is 11.3. The molecule has 0 aliphatic heterocycles. The van der Waals surface area contributed by atoms with Crippen LogP contribution in [0, 0.1) is 6.92 Å². The van der Waals surface area contributed by atoms with E-state index in [9.17, 15) is 9.59 Å². The minimum Gasteiger partial charge on any atom is -0.479 e. The molecule has 1 rings (SSSR count). The van der Waals surface area contributed by atoms with E-state index in [4.69, 9.17) is 14.3 Å². The van der Waals surface area contributed by atoms with E-state index < -0.39 is 12.1 Å². The number of carboxylic acids is 1. The van der Waals surface area contributed by atoms with Gasteiger partial charge in [0.1, 0.15) is 11.5 Å². The highest BCUT2D eigenvalue weighted by Gasteiger charge is 2.20. The van der Waals surface area contributed by atoms with Crippen molar-refractivity contribution in [1.29, 1.82) is 0 Å². The van der Waals surface area contributed by atoms with Crippen LogP contribution < -0.4 is 5.32 Å². The number of amides is 1. The third-order valence-electron chi connectivity index (χ3n) is 2.76. The van der Waals surface area contributed by atoms with Crippen LogP contribution in [0.4, 0.5) is 0 Å². The summed E-state index contributed by atoms with van der Waals surface area (Å²) < 4.78 is 10.2. The molecular weight excluding hydrogens is 250 g/mol. The number of aryl methyl sites for hydroxylation is 1. The Labute approximate surface area is 111 Å². The molecule has 6 heteroatoms. The van der Waals surface area contributed by atoms with Crippen molar-refractivity contribution in [3.8, 4) is 0 Å². The SMILES string of the molecule is COC(CNC(=O)c1cc(C(C)C)oc1C)C(=O)O. The van der Waals surface area contributed by atoms with Gasteiger partial charge in [-0.1, -0.05) is 13.8 Å². The lowest BCUT2D eigenvalue weighted by Crippen LogP contribution is -2.37. The first-order valence-corrected chi connectivity index (χ1v) is 6.01. The Balaban J connectivity index is 2.71. The van der Waals surface area contributed by atoms with Gasteiger partial charge < -0.3 is 19.6 Å². The molecule has 0 saturated carbocycles. The molecule has 1 amide bonds. The number of carboxylic acid groups (broad SMARTS) is 1. The topological polar surface area (TPSA) is 88.8 Å². The van der Waals surface area contributed by atoms with E-state index in [0.29, 0.717) is 11.3 Å². The summed E-state index contributed by atoms with van der Waals surface area (Å²) in [6, 6.07) is 1.68. The number of furan rings is 1. The first-order valence-electron chi connectivity index (χ1n) is 6.01. The van der Waals surface area contributed by atoms with Crippen LogP contribution >= 0.6 is 0 Å². The predicted molar refractivity (Wildman–Crippen MR) is 68.3 cm³/mol. The highest BCUT2D eigenvalue weighted by molar-refractivity contribution is 5.95. The molecule has 6 nitrogen and oxygen atoms in total. The third kappa shape index (κ3) is 3.82. The number of hydrogen-bond acceptors (Lipinski definition) is 4. The number of methoxy groups -OCH3 is 1. The number of carbonyl (C=O) groups is 2. The second kappa shape index (κ2) is 6.38. The van der Waals surface area contributed by atoms with E-state index in [1.54, 1.807) is 13.0 Å². The molecule has 0 bridgehead atoms. The average molecular weight is 269 g/mol. The minimum absolute atomic E-state index is 0.0910. The first kappa shape index (κ1) is 15.2. The van der Waals surface area contributed by atoms with Gasteiger partial charge in [-0.2, -0.15) is 0 Å².